The maximum atomic E-state index is 13.1. The smallest absolute Gasteiger partial charge is 0.245 e. The molecule has 1 aromatic heterocycles. The molecule has 0 bridgehead atoms. The number of hydrogen-bond donors (Lipinski definition) is 2. The van der Waals surface area contributed by atoms with E-state index in [4.69, 9.17) is 10.5 Å². The van der Waals surface area contributed by atoms with Crippen molar-refractivity contribution in [3.8, 4) is 0 Å². The molecular weight excluding hydrogens is 329 g/mol. The summed E-state index contributed by atoms with van der Waals surface area (Å²) in [6.07, 6.45) is 2.22. The molecule has 1 unspecified atom stereocenters. The highest BCUT2D eigenvalue weighted by atomic mass is 35.5. The molecule has 1 atom stereocenters. The Bertz CT molecular complexity index is 624. The molecule has 2 rings (SSSR count). The van der Waals surface area contributed by atoms with Gasteiger partial charge in [-0.15, -0.1) is 23.7 Å². The van der Waals surface area contributed by atoms with Gasteiger partial charge in [-0.05, 0) is 17.7 Å². The first kappa shape index (κ1) is 18.5. The van der Waals surface area contributed by atoms with Crippen molar-refractivity contribution >= 4 is 34.8 Å². The van der Waals surface area contributed by atoms with Gasteiger partial charge in [0.15, 0.2) is 5.13 Å². The maximum absolute atomic E-state index is 13.1. The SMILES string of the molecule is COCC(N)C(=O)Nc1ncc(Cc2cccc(F)c2)s1.Cl. The van der Waals surface area contributed by atoms with Crippen LogP contribution in [0.1, 0.15) is 10.4 Å². The van der Waals surface area contributed by atoms with E-state index in [0.717, 1.165) is 10.4 Å². The van der Waals surface area contributed by atoms with Gasteiger partial charge in [0.2, 0.25) is 5.91 Å². The number of carbonyl (C=O) groups excluding carboxylic acids is 1. The van der Waals surface area contributed by atoms with E-state index in [9.17, 15) is 9.18 Å². The Hall–Kier alpha value is -1.54. The summed E-state index contributed by atoms with van der Waals surface area (Å²) < 4.78 is 17.9. The minimum absolute atomic E-state index is 0. The van der Waals surface area contributed by atoms with Crippen molar-refractivity contribution in [2.75, 3.05) is 19.0 Å². The second kappa shape index (κ2) is 8.79. The summed E-state index contributed by atoms with van der Waals surface area (Å²) in [7, 11) is 1.48. The molecule has 1 amide bonds. The fourth-order valence-electron chi connectivity index (χ4n) is 1.75. The van der Waals surface area contributed by atoms with E-state index in [1.165, 1.54) is 30.6 Å². The van der Waals surface area contributed by atoms with E-state index >= 15 is 0 Å². The van der Waals surface area contributed by atoms with Crippen molar-refractivity contribution in [1.29, 1.82) is 0 Å². The summed E-state index contributed by atoms with van der Waals surface area (Å²) in [5.74, 6) is -0.611. The van der Waals surface area contributed by atoms with Gasteiger partial charge in [-0.1, -0.05) is 12.1 Å². The number of rotatable bonds is 6. The molecule has 0 aliphatic rings. The van der Waals surface area contributed by atoms with Crippen molar-refractivity contribution in [2.45, 2.75) is 12.5 Å². The fraction of sp³-hybridized carbons (Fsp3) is 0.286. The molecule has 5 nitrogen and oxygen atoms in total. The predicted octanol–water partition coefficient (Wildman–Crippen LogP) is 2.21. The number of nitrogens with one attached hydrogen (secondary N) is 1. The van der Waals surface area contributed by atoms with Crippen LogP contribution in [-0.4, -0.2) is 30.6 Å². The zero-order valence-electron chi connectivity index (χ0n) is 11.9. The van der Waals surface area contributed by atoms with Gasteiger partial charge >= 0.3 is 0 Å². The molecule has 1 aromatic carbocycles. The van der Waals surface area contributed by atoms with Gasteiger partial charge in [-0.2, -0.15) is 0 Å². The average Bonchev–Trinajstić information content (AvgIpc) is 2.86. The van der Waals surface area contributed by atoms with Crippen LogP contribution in [0.25, 0.3) is 0 Å². The maximum Gasteiger partial charge on any atom is 0.245 e. The zero-order chi connectivity index (χ0) is 15.2. The van der Waals surface area contributed by atoms with Crippen LogP contribution in [-0.2, 0) is 16.0 Å². The van der Waals surface area contributed by atoms with E-state index in [2.05, 4.69) is 10.3 Å². The third-order valence-electron chi connectivity index (χ3n) is 2.73. The Balaban J connectivity index is 0.00000242. The summed E-state index contributed by atoms with van der Waals surface area (Å²) in [4.78, 5) is 16.8. The molecule has 3 N–H and O–H groups in total. The highest BCUT2D eigenvalue weighted by Gasteiger charge is 2.14. The highest BCUT2D eigenvalue weighted by Crippen LogP contribution is 2.21. The highest BCUT2D eigenvalue weighted by molar-refractivity contribution is 7.15. The van der Waals surface area contributed by atoms with E-state index in [0.29, 0.717) is 11.6 Å². The van der Waals surface area contributed by atoms with E-state index in [-0.39, 0.29) is 30.7 Å². The quantitative estimate of drug-likeness (QED) is 0.841. The molecule has 8 heteroatoms. The van der Waals surface area contributed by atoms with Crippen LogP contribution in [0.5, 0.6) is 0 Å². The summed E-state index contributed by atoms with van der Waals surface area (Å²) in [6.45, 7) is 0.146. The van der Waals surface area contributed by atoms with Crippen LogP contribution in [0.15, 0.2) is 30.5 Å². The molecule has 1 heterocycles. The lowest BCUT2D eigenvalue weighted by Crippen LogP contribution is -2.39. The molecule has 120 valence electrons. The molecule has 0 aliphatic carbocycles. The molecule has 0 radical (unpaired) electrons. The van der Waals surface area contributed by atoms with Gasteiger partial charge in [0.1, 0.15) is 11.9 Å². The summed E-state index contributed by atoms with van der Waals surface area (Å²) in [5.41, 5.74) is 6.47. The molecule has 0 aliphatic heterocycles. The van der Waals surface area contributed by atoms with Crippen LogP contribution in [0, 0.1) is 5.82 Å². The van der Waals surface area contributed by atoms with Crippen molar-refractivity contribution in [2.24, 2.45) is 5.73 Å². The van der Waals surface area contributed by atoms with Crippen molar-refractivity contribution in [3.63, 3.8) is 0 Å². The fourth-order valence-corrected chi connectivity index (χ4v) is 2.60. The van der Waals surface area contributed by atoms with Crippen molar-refractivity contribution in [1.82, 2.24) is 4.98 Å². The zero-order valence-corrected chi connectivity index (χ0v) is 13.5. The number of halogens is 2. The van der Waals surface area contributed by atoms with Gasteiger partial charge in [-0.3, -0.25) is 4.79 Å². The van der Waals surface area contributed by atoms with Crippen molar-refractivity contribution < 1.29 is 13.9 Å². The predicted molar refractivity (Wildman–Crippen MR) is 87.0 cm³/mol. The van der Waals surface area contributed by atoms with Gasteiger partial charge in [-0.25, -0.2) is 9.37 Å². The average molecular weight is 346 g/mol. The Labute approximate surface area is 138 Å². The number of carbonyl (C=O) groups is 1. The molecule has 0 saturated heterocycles. The number of anilines is 1. The standard InChI is InChI=1S/C14H16FN3O2S.ClH/c1-20-8-12(16)13(19)18-14-17-7-11(21-14)6-9-3-2-4-10(15)5-9;/h2-5,7,12H,6,8,16H2,1H3,(H,17,18,19);1H. The van der Waals surface area contributed by atoms with Crippen LogP contribution >= 0.6 is 23.7 Å². The molecule has 22 heavy (non-hydrogen) atoms. The summed E-state index contributed by atoms with van der Waals surface area (Å²) in [5, 5.41) is 3.10. The van der Waals surface area contributed by atoms with Crippen LogP contribution in [0.2, 0.25) is 0 Å². The normalized spacial score (nSPS) is 11.6. The number of nitrogens with two attached hydrogens (primary N) is 1. The van der Waals surface area contributed by atoms with Gasteiger partial charge < -0.3 is 15.8 Å². The number of ether oxygens (including phenoxy) is 1. The third kappa shape index (κ3) is 5.34. The summed E-state index contributed by atoms with van der Waals surface area (Å²) in [6, 6.07) is 5.66. The van der Waals surface area contributed by atoms with E-state index in [1.54, 1.807) is 12.3 Å². The second-order valence-corrected chi connectivity index (χ2v) is 5.60. The Morgan fingerprint density at radius 2 is 2.32 bits per heavy atom. The Kier molecular flexibility index (Phi) is 7.40. The number of benzene rings is 1. The Morgan fingerprint density at radius 1 is 1.55 bits per heavy atom. The van der Waals surface area contributed by atoms with Gasteiger partial charge in [0.25, 0.3) is 0 Å². The first-order chi connectivity index (χ1) is 10.1. The topological polar surface area (TPSA) is 77.2 Å². The lowest BCUT2D eigenvalue weighted by atomic mass is 10.1. The van der Waals surface area contributed by atoms with E-state index in [1.807, 2.05) is 6.07 Å². The number of methoxy groups -OCH3 is 1. The number of nitrogens with zero attached hydrogens (tertiary/aromatic N) is 1. The second-order valence-electron chi connectivity index (χ2n) is 4.49. The summed E-state index contributed by atoms with van der Waals surface area (Å²) >= 11 is 1.34. The van der Waals surface area contributed by atoms with Crippen LogP contribution in [0.3, 0.4) is 0 Å². The lowest BCUT2D eigenvalue weighted by molar-refractivity contribution is -0.118. The van der Waals surface area contributed by atoms with Crippen LogP contribution in [0.4, 0.5) is 9.52 Å². The minimum Gasteiger partial charge on any atom is -0.383 e. The first-order valence-corrected chi connectivity index (χ1v) is 7.14. The number of amides is 1. The lowest BCUT2D eigenvalue weighted by Gasteiger charge is -2.08. The van der Waals surface area contributed by atoms with Crippen molar-refractivity contribution in [3.05, 3.63) is 46.7 Å². The van der Waals surface area contributed by atoms with Gasteiger partial charge in [0, 0.05) is 24.6 Å². The molecular formula is C14H17ClFN3O2S. The van der Waals surface area contributed by atoms with Crippen LogP contribution < -0.4 is 11.1 Å². The monoisotopic (exact) mass is 345 g/mol. The van der Waals surface area contributed by atoms with E-state index < -0.39 is 6.04 Å². The first-order valence-electron chi connectivity index (χ1n) is 6.33. The number of thiazole rings is 1. The third-order valence-corrected chi connectivity index (χ3v) is 3.65. The molecule has 0 fully saturated rings. The molecule has 0 spiro atoms. The van der Waals surface area contributed by atoms with Gasteiger partial charge in [0.05, 0.1) is 6.61 Å². The molecule has 0 saturated carbocycles. The number of aromatic nitrogens is 1. The molecule has 2 aromatic rings. The number of hydrogen-bond acceptors (Lipinski definition) is 5. The minimum atomic E-state index is -0.731. The largest absolute Gasteiger partial charge is 0.383 e. The Morgan fingerprint density at radius 3 is 3.00 bits per heavy atom.